The number of anilines is 1. The molecule has 5 nitrogen and oxygen atoms in total. The van der Waals surface area contributed by atoms with Gasteiger partial charge < -0.3 is 15.8 Å². The second-order valence-corrected chi connectivity index (χ2v) is 5.79. The number of ether oxygens (including phenoxy) is 1. The van der Waals surface area contributed by atoms with E-state index in [1.54, 1.807) is 0 Å². The predicted octanol–water partition coefficient (Wildman–Crippen LogP) is 1.63. The monoisotopic (exact) mass is 305 g/mol. The van der Waals surface area contributed by atoms with Crippen LogP contribution in [0.1, 0.15) is 25.3 Å². The van der Waals surface area contributed by atoms with Crippen molar-refractivity contribution in [3.05, 3.63) is 29.8 Å². The quantitative estimate of drug-likeness (QED) is 0.803. The fourth-order valence-electron chi connectivity index (χ4n) is 2.54. The van der Waals surface area contributed by atoms with Crippen LogP contribution in [-0.4, -0.2) is 49.7 Å². The molecule has 3 N–H and O–H groups in total. The van der Waals surface area contributed by atoms with Gasteiger partial charge in [-0.05, 0) is 30.5 Å². The zero-order valence-electron chi connectivity index (χ0n) is 13.4. The molecule has 1 aromatic carbocycles. The van der Waals surface area contributed by atoms with Gasteiger partial charge in [-0.25, -0.2) is 0 Å². The van der Waals surface area contributed by atoms with Crippen LogP contribution in [0.25, 0.3) is 0 Å². The highest BCUT2D eigenvalue weighted by Gasteiger charge is 2.12. The summed E-state index contributed by atoms with van der Waals surface area (Å²) in [6.45, 7) is 6.78. The molecule has 0 radical (unpaired) electrons. The third-order valence-corrected chi connectivity index (χ3v) is 3.98. The number of nitrogens with two attached hydrogens (primary N) is 1. The lowest BCUT2D eigenvalue weighted by molar-refractivity contribution is -0.117. The number of nitrogens with one attached hydrogen (secondary N) is 1. The summed E-state index contributed by atoms with van der Waals surface area (Å²) in [4.78, 5) is 14.3. The highest BCUT2D eigenvalue weighted by atomic mass is 16.5. The van der Waals surface area contributed by atoms with Gasteiger partial charge in [0.1, 0.15) is 0 Å². The topological polar surface area (TPSA) is 67.6 Å². The van der Waals surface area contributed by atoms with Crippen molar-refractivity contribution in [2.75, 3.05) is 38.2 Å². The molecular weight excluding hydrogens is 278 g/mol. The van der Waals surface area contributed by atoms with Crippen molar-refractivity contribution in [2.24, 2.45) is 5.73 Å². The molecule has 0 bridgehead atoms. The van der Waals surface area contributed by atoms with Crippen LogP contribution >= 0.6 is 0 Å². The van der Waals surface area contributed by atoms with Crippen LogP contribution in [0.2, 0.25) is 0 Å². The highest BCUT2D eigenvalue weighted by Crippen LogP contribution is 2.11. The second kappa shape index (κ2) is 8.88. The van der Waals surface area contributed by atoms with E-state index in [0.717, 1.165) is 51.4 Å². The van der Waals surface area contributed by atoms with Crippen LogP contribution < -0.4 is 11.1 Å². The number of hydrogen-bond donors (Lipinski definition) is 2. The van der Waals surface area contributed by atoms with Gasteiger partial charge in [0.2, 0.25) is 5.91 Å². The lowest BCUT2D eigenvalue weighted by atomic mass is 10.1. The van der Waals surface area contributed by atoms with E-state index >= 15 is 0 Å². The summed E-state index contributed by atoms with van der Waals surface area (Å²) < 4.78 is 5.35. The number of benzene rings is 1. The van der Waals surface area contributed by atoms with Gasteiger partial charge >= 0.3 is 0 Å². The molecule has 1 aromatic rings. The number of carbonyl (C=O) groups excluding carboxylic acids is 1. The van der Waals surface area contributed by atoms with Crippen LogP contribution in [0.15, 0.2) is 24.3 Å². The molecular formula is C17H27N3O2. The molecule has 5 heteroatoms. The summed E-state index contributed by atoms with van der Waals surface area (Å²) in [6.07, 6.45) is 2.64. The molecule has 1 aliphatic heterocycles. The Morgan fingerprint density at radius 1 is 1.32 bits per heavy atom. The average molecular weight is 305 g/mol. The van der Waals surface area contributed by atoms with Crippen LogP contribution in [0.5, 0.6) is 0 Å². The molecule has 1 aliphatic rings. The zero-order chi connectivity index (χ0) is 15.8. The zero-order valence-corrected chi connectivity index (χ0v) is 13.4. The first kappa shape index (κ1) is 16.9. The second-order valence-electron chi connectivity index (χ2n) is 5.79. The van der Waals surface area contributed by atoms with Gasteiger partial charge in [0.25, 0.3) is 0 Å². The first-order valence-corrected chi connectivity index (χ1v) is 8.14. The molecule has 0 saturated carbocycles. The molecule has 0 spiro atoms. The van der Waals surface area contributed by atoms with Crippen LogP contribution in [0.4, 0.5) is 5.69 Å². The summed E-state index contributed by atoms with van der Waals surface area (Å²) in [5.74, 6) is -0.108. The fourth-order valence-corrected chi connectivity index (χ4v) is 2.54. The van der Waals surface area contributed by atoms with E-state index in [9.17, 15) is 4.79 Å². The molecule has 122 valence electrons. The number of nitrogens with zero attached hydrogens (tertiary/aromatic N) is 1. The maximum absolute atomic E-state index is 11.9. The number of carbonyl (C=O) groups is 1. The van der Waals surface area contributed by atoms with Crippen molar-refractivity contribution < 1.29 is 9.53 Å². The maximum atomic E-state index is 11.9. The van der Waals surface area contributed by atoms with Crippen molar-refractivity contribution in [1.82, 2.24) is 4.90 Å². The van der Waals surface area contributed by atoms with Gasteiger partial charge in [0.05, 0.1) is 19.3 Å². The molecule has 1 heterocycles. The van der Waals surface area contributed by atoms with Crippen LogP contribution in [-0.2, 0) is 16.0 Å². The molecule has 1 atom stereocenters. The van der Waals surface area contributed by atoms with E-state index in [2.05, 4.69) is 22.3 Å². The summed E-state index contributed by atoms with van der Waals surface area (Å²) in [5, 5.41) is 2.87. The Labute approximate surface area is 132 Å². The van der Waals surface area contributed by atoms with Crippen molar-refractivity contribution in [3.63, 3.8) is 0 Å². The van der Waals surface area contributed by atoms with E-state index in [1.165, 1.54) is 5.56 Å². The molecule has 2 rings (SSSR count). The Hall–Kier alpha value is -1.43. The minimum Gasteiger partial charge on any atom is -0.379 e. The van der Waals surface area contributed by atoms with Gasteiger partial charge in [-0.1, -0.05) is 25.5 Å². The van der Waals surface area contributed by atoms with Crippen molar-refractivity contribution in [1.29, 1.82) is 0 Å². The van der Waals surface area contributed by atoms with Crippen molar-refractivity contribution in [2.45, 2.75) is 32.2 Å². The minimum atomic E-state index is -0.425. The lowest BCUT2D eigenvalue weighted by Crippen LogP contribution is -2.37. The third kappa shape index (κ3) is 5.40. The average Bonchev–Trinajstić information content (AvgIpc) is 2.55. The molecule has 22 heavy (non-hydrogen) atoms. The van der Waals surface area contributed by atoms with E-state index in [1.807, 2.05) is 19.1 Å². The minimum absolute atomic E-state index is 0.108. The van der Waals surface area contributed by atoms with E-state index in [-0.39, 0.29) is 5.91 Å². The van der Waals surface area contributed by atoms with Crippen LogP contribution in [0, 0.1) is 0 Å². The molecule has 1 fully saturated rings. The maximum Gasteiger partial charge on any atom is 0.241 e. The van der Waals surface area contributed by atoms with Gasteiger partial charge in [-0.15, -0.1) is 0 Å². The van der Waals surface area contributed by atoms with E-state index in [4.69, 9.17) is 10.5 Å². The van der Waals surface area contributed by atoms with Crippen molar-refractivity contribution >= 4 is 11.6 Å². The van der Waals surface area contributed by atoms with Gasteiger partial charge in [-0.2, -0.15) is 0 Å². The summed E-state index contributed by atoms with van der Waals surface area (Å²) in [6, 6.07) is 7.62. The number of rotatable bonds is 7. The number of amides is 1. The highest BCUT2D eigenvalue weighted by molar-refractivity contribution is 5.94. The molecule has 1 amide bonds. The number of hydrogen-bond acceptors (Lipinski definition) is 4. The van der Waals surface area contributed by atoms with Gasteiger partial charge in [0, 0.05) is 25.3 Å². The fraction of sp³-hybridized carbons (Fsp3) is 0.588. The van der Waals surface area contributed by atoms with E-state index < -0.39 is 6.04 Å². The predicted molar refractivity (Wildman–Crippen MR) is 88.9 cm³/mol. The van der Waals surface area contributed by atoms with Crippen LogP contribution in [0.3, 0.4) is 0 Å². The largest absolute Gasteiger partial charge is 0.379 e. The molecule has 1 unspecified atom stereocenters. The summed E-state index contributed by atoms with van der Waals surface area (Å²) >= 11 is 0. The first-order chi connectivity index (χ1) is 10.7. The van der Waals surface area contributed by atoms with Gasteiger partial charge in [-0.3, -0.25) is 9.69 Å². The Balaban J connectivity index is 1.78. The third-order valence-electron chi connectivity index (χ3n) is 3.98. The molecule has 0 aliphatic carbocycles. The molecule has 1 saturated heterocycles. The smallest absolute Gasteiger partial charge is 0.241 e. The number of morpholine rings is 1. The summed E-state index contributed by atoms with van der Waals surface area (Å²) in [5.41, 5.74) is 7.90. The first-order valence-electron chi connectivity index (χ1n) is 8.14. The van der Waals surface area contributed by atoms with E-state index in [0.29, 0.717) is 6.42 Å². The Kier molecular flexibility index (Phi) is 6.83. The standard InChI is InChI=1S/C17H27N3O2/c1-2-3-16(18)17(21)19-15-6-4-14(5-7-15)8-9-20-10-12-22-13-11-20/h4-7,16H,2-3,8-13,18H2,1H3,(H,19,21). The SMILES string of the molecule is CCCC(N)C(=O)Nc1ccc(CCN2CCOCC2)cc1. The Bertz CT molecular complexity index is 455. The van der Waals surface area contributed by atoms with Gasteiger partial charge in [0.15, 0.2) is 0 Å². The van der Waals surface area contributed by atoms with Crippen molar-refractivity contribution in [3.8, 4) is 0 Å². The lowest BCUT2D eigenvalue weighted by Gasteiger charge is -2.26. The Morgan fingerprint density at radius 2 is 2.00 bits per heavy atom. The summed E-state index contributed by atoms with van der Waals surface area (Å²) in [7, 11) is 0. The normalized spacial score (nSPS) is 17.2. The Morgan fingerprint density at radius 3 is 2.64 bits per heavy atom. The molecule has 0 aromatic heterocycles.